The smallest absolute Gasteiger partial charge is 0.124 e. The summed E-state index contributed by atoms with van der Waals surface area (Å²) < 4.78 is 2.30. The highest BCUT2D eigenvalue weighted by molar-refractivity contribution is 9.10. The summed E-state index contributed by atoms with van der Waals surface area (Å²) in [7, 11) is 0. The van der Waals surface area contributed by atoms with Crippen molar-refractivity contribution in [3.8, 4) is 32.8 Å². The molecule has 0 saturated carbocycles. The Bertz CT molecular complexity index is 1850. The van der Waals surface area contributed by atoms with E-state index in [0.29, 0.717) is 0 Å². The lowest BCUT2D eigenvalue weighted by molar-refractivity contribution is 1.48. The Balaban J connectivity index is 1.48. The van der Waals surface area contributed by atoms with E-state index in [1.807, 2.05) is 6.07 Å². The van der Waals surface area contributed by atoms with Gasteiger partial charge in [-0.15, -0.1) is 11.3 Å². The average Bonchev–Trinajstić information content (AvgIpc) is 3.37. The summed E-state index contributed by atoms with van der Waals surface area (Å²) in [5.41, 5.74) is 7.19. The molecule has 0 bridgehead atoms. The summed E-state index contributed by atoms with van der Waals surface area (Å²) in [6, 6.07) is 43.3. The van der Waals surface area contributed by atoms with Crippen LogP contribution in [0.2, 0.25) is 0 Å². The highest BCUT2D eigenvalue weighted by atomic mass is 79.9. The van der Waals surface area contributed by atoms with Crippen LogP contribution in [0, 0.1) is 0 Å². The standard InChI is InChI=1S/C33H20BrNS/c34-24-18-19-27-28(20-24)32(26-11-5-4-10-25(26)31(27)21-8-2-1-3-9-21)22-14-16-23(17-15-22)33-35-29-12-6-7-13-30(29)36-33/h1-20H. The molecule has 0 N–H and O–H groups in total. The largest absolute Gasteiger partial charge is 0.236 e. The Labute approximate surface area is 221 Å². The molecule has 7 aromatic rings. The maximum atomic E-state index is 4.85. The van der Waals surface area contributed by atoms with Gasteiger partial charge in [-0.2, -0.15) is 0 Å². The number of rotatable bonds is 3. The number of nitrogens with zero attached hydrogens (tertiary/aromatic N) is 1. The van der Waals surface area contributed by atoms with Gasteiger partial charge in [0.25, 0.3) is 0 Å². The van der Waals surface area contributed by atoms with Crippen molar-refractivity contribution in [1.82, 2.24) is 4.98 Å². The third kappa shape index (κ3) is 3.55. The second-order valence-electron chi connectivity index (χ2n) is 8.92. The summed E-state index contributed by atoms with van der Waals surface area (Å²) in [5, 5.41) is 6.08. The molecular formula is C33H20BrNS. The first kappa shape index (κ1) is 21.5. The fourth-order valence-corrected chi connectivity index (χ4v) is 6.48. The van der Waals surface area contributed by atoms with Crippen molar-refractivity contribution in [3.05, 3.63) is 126 Å². The van der Waals surface area contributed by atoms with Gasteiger partial charge in [-0.3, -0.25) is 0 Å². The van der Waals surface area contributed by atoms with Crippen LogP contribution < -0.4 is 0 Å². The van der Waals surface area contributed by atoms with Gasteiger partial charge in [0.2, 0.25) is 0 Å². The molecule has 0 amide bonds. The number of thiazole rings is 1. The topological polar surface area (TPSA) is 12.9 Å². The molecule has 0 aliphatic carbocycles. The van der Waals surface area contributed by atoms with Crippen LogP contribution >= 0.6 is 27.3 Å². The van der Waals surface area contributed by atoms with Crippen molar-refractivity contribution in [2.24, 2.45) is 0 Å². The van der Waals surface area contributed by atoms with Crippen LogP contribution in [0.1, 0.15) is 0 Å². The van der Waals surface area contributed by atoms with Crippen molar-refractivity contribution in [2.75, 3.05) is 0 Å². The minimum Gasteiger partial charge on any atom is -0.236 e. The van der Waals surface area contributed by atoms with E-state index in [1.165, 1.54) is 48.5 Å². The Hall–Kier alpha value is -3.79. The van der Waals surface area contributed by atoms with Gasteiger partial charge in [0.05, 0.1) is 10.2 Å². The molecule has 6 aromatic carbocycles. The molecule has 7 rings (SSSR count). The SMILES string of the molecule is Brc1ccc2c(-c3ccccc3)c3ccccc3c(-c3ccc(-c4nc5ccccc5s4)cc3)c2c1. The minimum atomic E-state index is 1.06. The second-order valence-corrected chi connectivity index (χ2v) is 10.9. The van der Waals surface area contributed by atoms with E-state index in [1.54, 1.807) is 11.3 Å². The van der Waals surface area contributed by atoms with E-state index in [4.69, 9.17) is 4.98 Å². The van der Waals surface area contributed by atoms with E-state index in [9.17, 15) is 0 Å². The minimum absolute atomic E-state index is 1.06. The van der Waals surface area contributed by atoms with Crippen molar-refractivity contribution < 1.29 is 0 Å². The lowest BCUT2D eigenvalue weighted by Crippen LogP contribution is -1.91. The first-order chi connectivity index (χ1) is 17.8. The van der Waals surface area contributed by atoms with Crippen LogP contribution in [0.15, 0.2) is 126 Å². The van der Waals surface area contributed by atoms with Crippen LogP contribution in [0.25, 0.3) is 64.6 Å². The third-order valence-electron chi connectivity index (χ3n) is 6.76. The summed E-state index contributed by atoms with van der Waals surface area (Å²) >= 11 is 5.48. The molecule has 0 aliphatic rings. The third-order valence-corrected chi connectivity index (χ3v) is 8.34. The van der Waals surface area contributed by atoms with Crippen molar-refractivity contribution in [2.45, 2.75) is 0 Å². The molecule has 1 nitrogen and oxygen atoms in total. The molecular weight excluding hydrogens is 522 g/mol. The van der Waals surface area contributed by atoms with Crippen molar-refractivity contribution in [1.29, 1.82) is 0 Å². The number of benzene rings is 6. The van der Waals surface area contributed by atoms with E-state index < -0.39 is 0 Å². The van der Waals surface area contributed by atoms with Gasteiger partial charge < -0.3 is 0 Å². The van der Waals surface area contributed by atoms with Gasteiger partial charge in [0.1, 0.15) is 5.01 Å². The normalized spacial score (nSPS) is 11.5. The summed E-state index contributed by atoms with van der Waals surface area (Å²) in [6.07, 6.45) is 0. The molecule has 0 spiro atoms. The molecule has 1 aromatic heterocycles. The average molecular weight is 543 g/mol. The molecule has 170 valence electrons. The molecule has 1 heterocycles. The van der Waals surface area contributed by atoms with Crippen LogP contribution in [0.3, 0.4) is 0 Å². The van der Waals surface area contributed by atoms with E-state index >= 15 is 0 Å². The lowest BCUT2D eigenvalue weighted by Gasteiger charge is -2.18. The molecule has 0 radical (unpaired) electrons. The molecule has 0 fully saturated rings. The molecule has 3 heteroatoms. The Morgan fingerprint density at radius 1 is 0.500 bits per heavy atom. The second kappa shape index (κ2) is 8.70. The van der Waals surface area contributed by atoms with Crippen molar-refractivity contribution >= 4 is 59.0 Å². The van der Waals surface area contributed by atoms with E-state index in [-0.39, 0.29) is 0 Å². The van der Waals surface area contributed by atoms with Gasteiger partial charge >= 0.3 is 0 Å². The monoisotopic (exact) mass is 541 g/mol. The molecule has 0 saturated heterocycles. The highest BCUT2D eigenvalue weighted by Gasteiger charge is 2.17. The molecule has 0 unspecified atom stereocenters. The van der Waals surface area contributed by atoms with Gasteiger partial charge in [-0.05, 0) is 68.1 Å². The Kier molecular flexibility index (Phi) is 5.19. The maximum absolute atomic E-state index is 4.85. The molecule has 0 atom stereocenters. The first-order valence-corrected chi connectivity index (χ1v) is 13.5. The summed E-state index contributed by atoms with van der Waals surface area (Å²) in [4.78, 5) is 4.85. The first-order valence-electron chi connectivity index (χ1n) is 11.9. The lowest BCUT2D eigenvalue weighted by atomic mass is 9.86. The zero-order valence-electron chi connectivity index (χ0n) is 19.3. The zero-order valence-corrected chi connectivity index (χ0v) is 21.7. The molecule has 0 aliphatic heterocycles. The number of para-hydroxylation sites is 1. The van der Waals surface area contributed by atoms with Gasteiger partial charge in [0, 0.05) is 10.0 Å². The fourth-order valence-electron chi connectivity index (χ4n) is 5.15. The highest BCUT2D eigenvalue weighted by Crippen LogP contribution is 2.44. The molecule has 36 heavy (non-hydrogen) atoms. The van der Waals surface area contributed by atoms with Crippen LogP contribution in [0.4, 0.5) is 0 Å². The Morgan fingerprint density at radius 3 is 1.83 bits per heavy atom. The maximum Gasteiger partial charge on any atom is 0.124 e. The van der Waals surface area contributed by atoms with Gasteiger partial charge in [0.15, 0.2) is 0 Å². The van der Waals surface area contributed by atoms with Crippen molar-refractivity contribution in [3.63, 3.8) is 0 Å². The van der Waals surface area contributed by atoms with Crippen LogP contribution in [-0.2, 0) is 0 Å². The van der Waals surface area contributed by atoms with Crippen LogP contribution in [-0.4, -0.2) is 4.98 Å². The predicted octanol–water partition coefficient (Wildman–Crippen LogP) is 10.4. The predicted molar refractivity (Wildman–Crippen MR) is 159 cm³/mol. The summed E-state index contributed by atoms with van der Waals surface area (Å²) in [6.45, 7) is 0. The van der Waals surface area contributed by atoms with Gasteiger partial charge in [-0.25, -0.2) is 4.98 Å². The number of aromatic nitrogens is 1. The summed E-state index contributed by atoms with van der Waals surface area (Å²) in [5.74, 6) is 0. The Morgan fingerprint density at radius 2 is 1.08 bits per heavy atom. The number of hydrogen-bond acceptors (Lipinski definition) is 2. The number of fused-ring (bicyclic) bond motifs is 3. The fraction of sp³-hybridized carbons (Fsp3) is 0. The van der Waals surface area contributed by atoms with Crippen LogP contribution in [0.5, 0.6) is 0 Å². The quantitative estimate of drug-likeness (QED) is 0.203. The number of hydrogen-bond donors (Lipinski definition) is 0. The zero-order chi connectivity index (χ0) is 24.1. The van der Waals surface area contributed by atoms with E-state index in [2.05, 4.69) is 131 Å². The number of halogens is 1. The van der Waals surface area contributed by atoms with E-state index in [0.717, 1.165) is 20.6 Å². The van der Waals surface area contributed by atoms with Gasteiger partial charge in [-0.1, -0.05) is 113 Å².